The molecule has 3 aromatic carbocycles. The second-order valence-corrected chi connectivity index (χ2v) is 9.13. The topological polar surface area (TPSA) is 79.3 Å². The average molecular weight is 561 g/mol. The van der Waals surface area contributed by atoms with Gasteiger partial charge in [0.15, 0.2) is 0 Å². The number of hydrogen-bond donors (Lipinski definition) is 2. The number of aromatic nitrogens is 2. The lowest BCUT2D eigenvalue weighted by molar-refractivity contribution is -0.116. The molecule has 0 spiro atoms. The maximum atomic E-state index is 13.4. The van der Waals surface area contributed by atoms with Crippen LogP contribution in [0, 0.1) is 5.82 Å². The zero-order chi connectivity index (χ0) is 26.5. The number of benzene rings is 3. The summed E-state index contributed by atoms with van der Waals surface area (Å²) in [6.07, 6.45) is 0. The number of halogens is 4. The van der Waals surface area contributed by atoms with E-state index in [0.717, 1.165) is 11.6 Å². The SMILES string of the molecule is CCN(CC(=O)Nc1cc(-c2ccccc2)nn1-c1ccc(Cl)c(Cl)c1)C(=O)Nc1ccc(F)c(Cl)c1. The number of nitrogens with zero attached hydrogens (tertiary/aromatic N) is 3. The molecule has 0 radical (unpaired) electrons. The predicted molar refractivity (Wildman–Crippen MR) is 145 cm³/mol. The maximum Gasteiger partial charge on any atom is 0.322 e. The van der Waals surface area contributed by atoms with E-state index in [1.54, 1.807) is 35.9 Å². The van der Waals surface area contributed by atoms with Crippen LogP contribution in [0.25, 0.3) is 16.9 Å². The predicted octanol–water partition coefficient (Wildman–Crippen LogP) is 7.13. The molecule has 0 atom stereocenters. The minimum Gasteiger partial charge on any atom is -0.315 e. The molecular formula is C26H21Cl3FN5O2. The zero-order valence-corrected chi connectivity index (χ0v) is 21.8. The summed E-state index contributed by atoms with van der Waals surface area (Å²) in [4.78, 5) is 27.0. The van der Waals surface area contributed by atoms with Crippen LogP contribution in [0.15, 0.2) is 72.8 Å². The summed E-state index contributed by atoms with van der Waals surface area (Å²) in [5.41, 5.74) is 2.37. The van der Waals surface area contributed by atoms with Crippen molar-refractivity contribution in [2.24, 2.45) is 0 Å². The van der Waals surface area contributed by atoms with E-state index in [-0.39, 0.29) is 18.1 Å². The van der Waals surface area contributed by atoms with Crippen LogP contribution in [0.4, 0.5) is 20.7 Å². The Morgan fingerprint density at radius 3 is 2.35 bits per heavy atom. The molecule has 2 N–H and O–H groups in total. The van der Waals surface area contributed by atoms with Crippen molar-refractivity contribution in [3.8, 4) is 16.9 Å². The van der Waals surface area contributed by atoms with E-state index in [0.29, 0.717) is 32.9 Å². The van der Waals surface area contributed by atoms with Crippen molar-refractivity contribution in [3.05, 3.63) is 93.7 Å². The van der Waals surface area contributed by atoms with Crippen LogP contribution >= 0.6 is 34.8 Å². The minimum absolute atomic E-state index is 0.122. The van der Waals surface area contributed by atoms with Crippen molar-refractivity contribution in [2.45, 2.75) is 6.92 Å². The first-order valence-electron chi connectivity index (χ1n) is 11.2. The lowest BCUT2D eigenvalue weighted by Crippen LogP contribution is -2.40. The van der Waals surface area contributed by atoms with E-state index in [1.807, 2.05) is 30.3 Å². The van der Waals surface area contributed by atoms with Crippen molar-refractivity contribution >= 4 is 58.2 Å². The molecule has 3 amide bonds. The molecule has 0 bridgehead atoms. The number of anilines is 2. The highest BCUT2D eigenvalue weighted by Crippen LogP contribution is 2.29. The lowest BCUT2D eigenvalue weighted by Gasteiger charge is -2.21. The first kappa shape index (κ1) is 26.5. The van der Waals surface area contributed by atoms with Gasteiger partial charge in [-0.15, -0.1) is 0 Å². The molecular weight excluding hydrogens is 540 g/mol. The molecule has 11 heteroatoms. The number of rotatable bonds is 7. The Labute approximate surface area is 227 Å². The Morgan fingerprint density at radius 2 is 1.68 bits per heavy atom. The Morgan fingerprint density at radius 1 is 0.919 bits per heavy atom. The highest BCUT2D eigenvalue weighted by Gasteiger charge is 2.19. The van der Waals surface area contributed by atoms with Crippen LogP contribution in [0.2, 0.25) is 15.1 Å². The molecule has 0 unspecified atom stereocenters. The van der Waals surface area contributed by atoms with Crippen LogP contribution in [0.3, 0.4) is 0 Å². The molecule has 0 fully saturated rings. The summed E-state index contributed by atoms with van der Waals surface area (Å²) in [7, 11) is 0. The van der Waals surface area contributed by atoms with Gasteiger partial charge in [0.25, 0.3) is 0 Å². The quantitative estimate of drug-likeness (QED) is 0.252. The van der Waals surface area contributed by atoms with Gasteiger partial charge in [-0.3, -0.25) is 4.79 Å². The lowest BCUT2D eigenvalue weighted by atomic mass is 10.1. The van der Waals surface area contributed by atoms with Gasteiger partial charge in [-0.05, 0) is 43.3 Å². The molecule has 0 aliphatic rings. The fraction of sp³-hybridized carbons (Fsp3) is 0.115. The van der Waals surface area contributed by atoms with Gasteiger partial charge >= 0.3 is 6.03 Å². The van der Waals surface area contributed by atoms with E-state index in [2.05, 4.69) is 15.7 Å². The van der Waals surface area contributed by atoms with Gasteiger partial charge in [-0.1, -0.05) is 65.1 Å². The smallest absolute Gasteiger partial charge is 0.315 e. The summed E-state index contributed by atoms with van der Waals surface area (Å²) < 4.78 is 15.0. The molecule has 7 nitrogen and oxygen atoms in total. The number of amides is 3. The molecule has 1 aromatic heterocycles. The van der Waals surface area contributed by atoms with E-state index in [9.17, 15) is 14.0 Å². The molecule has 37 heavy (non-hydrogen) atoms. The third-order valence-electron chi connectivity index (χ3n) is 5.37. The highest BCUT2D eigenvalue weighted by atomic mass is 35.5. The summed E-state index contributed by atoms with van der Waals surface area (Å²) in [6.45, 7) is 1.73. The second-order valence-electron chi connectivity index (χ2n) is 7.91. The summed E-state index contributed by atoms with van der Waals surface area (Å²) in [5.74, 6) is -0.668. The summed E-state index contributed by atoms with van der Waals surface area (Å²) in [5, 5.41) is 10.7. The van der Waals surface area contributed by atoms with Gasteiger partial charge in [-0.2, -0.15) is 5.10 Å². The van der Waals surface area contributed by atoms with Crippen LogP contribution in [0.1, 0.15) is 6.92 Å². The van der Waals surface area contributed by atoms with Gasteiger partial charge in [0.1, 0.15) is 18.2 Å². The fourth-order valence-electron chi connectivity index (χ4n) is 3.49. The molecule has 4 rings (SSSR count). The first-order chi connectivity index (χ1) is 17.7. The third-order valence-corrected chi connectivity index (χ3v) is 6.40. The second kappa shape index (κ2) is 11.6. The van der Waals surface area contributed by atoms with E-state index < -0.39 is 17.8 Å². The Hall–Kier alpha value is -3.59. The van der Waals surface area contributed by atoms with Gasteiger partial charge in [0.2, 0.25) is 5.91 Å². The number of hydrogen-bond acceptors (Lipinski definition) is 3. The number of nitrogens with one attached hydrogen (secondary N) is 2. The standard InChI is InChI=1S/C26H21Cl3FN5O2/c1-2-34(26(37)31-17-8-11-22(30)21(29)12-17)15-25(36)32-24-14-23(16-6-4-3-5-7-16)33-35(24)18-9-10-19(27)20(28)13-18/h3-14H,2,15H2,1H3,(H,31,37)(H,32,36). The molecule has 4 aromatic rings. The van der Waals surface area contributed by atoms with Crippen molar-refractivity contribution in [2.75, 3.05) is 23.7 Å². The van der Waals surface area contributed by atoms with E-state index in [1.165, 1.54) is 17.0 Å². The van der Waals surface area contributed by atoms with Crippen molar-refractivity contribution in [3.63, 3.8) is 0 Å². The summed E-state index contributed by atoms with van der Waals surface area (Å²) >= 11 is 18.1. The van der Waals surface area contributed by atoms with E-state index >= 15 is 0 Å². The van der Waals surface area contributed by atoms with Gasteiger partial charge < -0.3 is 15.5 Å². The fourth-order valence-corrected chi connectivity index (χ4v) is 3.97. The normalized spacial score (nSPS) is 10.7. The van der Waals surface area contributed by atoms with Crippen LogP contribution < -0.4 is 10.6 Å². The van der Waals surface area contributed by atoms with Gasteiger partial charge in [-0.25, -0.2) is 13.9 Å². The number of likely N-dealkylation sites (N-methyl/N-ethyl adjacent to an activating group) is 1. The van der Waals surface area contributed by atoms with E-state index in [4.69, 9.17) is 34.8 Å². The number of carbonyl (C=O) groups excluding carboxylic acids is 2. The highest BCUT2D eigenvalue weighted by molar-refractivity contribution is 6.42. The average Bonchev–Trinajstić information content (AvgIpc) is 3.30. The van der Waals surface area contributed by atoms with Crippen molar-refractivity contribution < 1.29 is 14.0 Å². The van der Waals surface area contributed by atoms with Crippen LogP contribution in [0.5, 0.6) is 0 Å². The van der Waals surface area contributed by atoms with Crippen molar-refractivity contribution in [1.82, 2.24) is 14.7 Å². The number of urea groups is 1. The van der Waals surface area contributed by atoms with Crippen molar-refractivity contribution in [1.29, 1.82) is 0 Å². The molecule has 0 aliphatic carbocycles. The van der Waals surface area contributed by atoms with Gasteiger partial charge in [0, 0.05) is 23.9 Å². The molecule has 0 saturated carbocycles. The summed E-state index contributed by atoms with van der Waals surface area (Å²) in [6, 6.07) is 19.5. The Kier molecular flexibility index (Phi) is 8.33. The Balaban J connectivity index is 1.55. The maximum absolute atomic E-state index is 13.4. The number of carbonyl (C=O) groups is 2. The van der Waals surface area contributed by atoms with Crippen LogP contribution in [-0.2, 0) is 4.79 Å². The monoisotopic (exact) mass is 559 g/mol. The van der Waals surface area contributed by atoms with Gasteiger partial charge in [0.05, 0.1) is 26.4 Å². The largest absolute Gasteiger partial charge is 0.322 e. The molecule has 1 heterocycles. The zero-order valence-electron chi connectivity index (χ0n) is 19.5. The molecule has 190 valence electrons. The molecule has 0 saturated heterocycles. The minimum atomic E-state index is -0.597. The molecule has 0 aliphatic heterocycles. The Bertz CT molecular complexity index is 1450. The third kappa shape index (κ3) is 6.40. The van der Waals surface area contributed by atoms with Crippen LogP contribution in [-0.4, -0.2) is 39.7 Å². The first-order valence-corrected chi connectivity index (χ1v) is 12.3.